The second-order valence-corrected chi connectivity index (χ2v) is 5.05. The fourth-order valence-corrected chi connectivity index (χ4v) is 2.80. The Morgan fingerprint density at radius 2 is 2.05 bits per heavy atom. The lowest BCUT2D eigenvalue weighted by Crippen LogP contribution is -2.15. The standard InChI is InChI=1S/C14H11ClN4.C2H6/c15-10-2-1-9-4-6-19(12(9)7-10)14-13-11(3-5-16-13)17-8-18-14;1-2/h1-3,5,7-8,16H,4,6H2;1-2H3. The van der Waals surface area contributed by atoms with Crippen LogP contribution >= 0.6 is 11.6 Å². The minimum absolute atomic E-state index is 0.752. The van der Waals surface area contributed by atoms with Crippen molar-refractivity contribution in [2.24, 2.45) is 0 Å². The molecule has 1 aromatic carbocycles. The maximum Gasteiger partial charge on any atom is 0.160 e. The van der Waals surface area contributed by atoms with Gasteiger partial charge in [-0.3, -0.25) is 0 Å². The largest absolute Gasteiger partial charge is 0.357 e. The summed E-state index contributed by atoms with van der Waals surface area (Å²) in [5, 5.41) is 0.752. The van der Waals surface area contributed by atoms with Crippen LogP contribution in [0.5, 0.6) is 0 Å². The summed E-state index contributed by atoms with van der Waals surface area (Å²) in [6, 6.07) is 7.98. The number of rotatable bonds is 1. The summed E-state index contributed by atoms with van der Waals surface area (Å²) >= 11 is 6.11. The average Bonchev–Trinajstić information content (AvgIpc) is 3.15. The molecule has 1 N–H and O–H groups in total. The van der Waals surface area contributed by atoms with Gasteiger partial charge in [0.2, 0.25) is 0 Å². The van der Waals surface area contributed by atoms with E-state index in [1.54, 1.807) is 6.33 Å². The smallest absolute Gasteiger partial charge is 0.160 e. The first kappa shape index (κ1) is 13.9. The Kier molecular flexibility index (Phi) is 3.80. The van der Waals surface area contributed by atoms with Crippen LogP contribution in [0.15, 0.2) is 36.8 Å². The van der Waals surface area contributed by atoms with E-state index in [1.807, 2.05) is 38.2 Å². The summed E-state index contributed by atoms with van der Waals surface area (Å²) in [5.74, 6) is 0.913. The molecule has 0 radical (unpaired) electrons. The number of hydrogen-bond donors (Lipinski definition) is 1. The van der Waals surface area contributed by atoms with Crippen molar-refractivity contribution in [1.82, 2.24) is 15.0 Å². The molecular formula is C16H17ClN4. The Labute approximate surface area is 128 Å². The normalized spacial score (nSPS) is 13.0. The second kappa shape index (κ2) is 5.74. The van der Waals surface area contributed by atoms with E-state index >= 15 is 0 Å². The quantitative estimate of drug-likeness (QED) is 0.727. The van der Waals surface area contributed by atoms with Gasteiger partial charge in [-0.1, -0.05) is 31.5 Å². The van der Waals surface area contributed by atoms with Crippen LogP contribution in [0.1, 0.15) is 19.4 Å². The van der Waals surface area contributed by atoms with Gasteiger partial charge in [0.05, 0.1) is 5.52 Å². The number of aromatic nitrogens is 3. The first-order valence-corrected chi connectivity index (χ1v) is 7.55. The maximum atomic E-state index is 6.11. The van der Waals surface area contributed by atoms with E-state index in [9.17, 15) is 0 Å². The van der Waals surface area contributed by atoms with Gasteiger partial charge in [0, 0.05) is 23.5 Å². The molecule has 3 heterocycles. The molecule has 0 amide bonds. The molecule has 0 bridgehead atoms. The predicted molar refractivity (Wildman–Crippen MR) is 87.4 cm³/mol. The molecule has 2 aromatic heterocycles. The van der Waals surface area contributed by atoms with E-state index in [2.05, 4.69) is 25.9 Å². The Bertz CT molecular complexity index is 766. The molecular weight excluding hydrogens is 284 g/mol. The van der Waals surface area contributed by atoms with Crippen LogP contribution in [0, 0.1) is 0 Å². The SMILES string of the molecule is CC.Clc1ccc2c(c1)N(c1ncnc3cc[nH]c13)CC2. The van der Waals surface area contributed by atoms with Gasteiger partial charge < -0.3 is 9.88 Å². The summed E-state index contributed by atoms with van der Waals surface area (Å²) in [7, 11) is 0. The molecule has 4 nitrogen and oxygen atoms in total. The van der Waals surface area contributed by atoms with Crippen LogP contribution < -0.4 is 4.90 Å². The average molecular weight is 301 g/mol. The molecule has 4 rings (SSSR count). The van der Waals surface area contributed by atoms with Crippen molar-refractivity contribution in [3.8, 4) is 0 Å². The van der Waals surface area contributed by atoms with Crippen molar-refractivity contribution < 1.29 is 0 Å². The lowest BCUT2D eigenvalue weighted by atomic mass is 10.2. The number of nitrogens with zero attached hydrogens (tertiary/aromatic N) is 3. The molecule has 0 spiro atoms. The lowest BCUT2D eigenvalue weighted by Gasteiger charge is -2.18. The van der Waals surface area contributed by atoms with Gasteiger partial charge in [0.1, 0.15) is 11.8 Å². The van der Waals surface area contributed by atoms with Crippen LogP contribution in [-0.2, 0) is 6.42 Å². The van der Waals surface area contributed by atoms with Gasteiger partial charge in [-0.25, -0.2) is 9.97 Å². The molecule has 108 valence electrons. The molecule has 0 aliphatic carbocycles. The first-order valence-electron chi connectivity index (χ1n) is 7.17. The molecule has 1 aliphatic rings. The molecule has 0 unspecified atom stereocenters. The zero-order chi connectivity index (χ0) is 14.8. The minimum atomic E-state index is 0.752. The molecule has 3 aromatic rings. The van der Waals surface area contributed by atoms with Gasteiger partial charge in [0.15, 0.2) is 5.82 Å². The summed E-state index contributed by atoms with van der Waals surface area (Å²) in [6.07, 6.45) is 4.50. The van der Waals surface area contributed by atoms with Crippen molar-refractivity contribution in [3.63, 3.8) is 0 Å². The van der Waals surface area contributed by atoms with E-state index in [1.165, 1.54) is 5.56 Å². The Morgan fingerprint density at radius 3 is 2.90 bits per heavy atom. The second-order valence-electron chi connectivity index (χ2n) is 4.61. The van der Waals surface area contributed by atoms with Crippen LogP contribution in [0.2, 0.25) is 5.02 Å². The van der Waals surface area contributed by atoms with Crippen LogP contribution in [0.25, 0.3) is 11.0 Å². The van der Waals surface area contributed by atoms with Gasteiger partial charge >= 0.3 is 0 Å². The fourth-order valence-electron chi connectivity index (χ4n) is 2.64. The highest BCUT2D eigenvalue weighted by molar-refractivity contribution is 6.31. The highest BCUT2D eigenvalue weighted by Gasteiger charge is 2.23. The van der Waals surface area contributed by atoms with E-state index in [0.29, 0.717) is 0 Å². The van der Waals surface area contributed by atoms with E-state index in [0.717, 1.165) is 40.5 Å². The van der Waals surface area contributed by atoms with Gasteiger partial charge in [-0.05, 0) is 30.2 Å². The lowest BCUT2D eigenvalue weighted by molar-refractivity contribution is 0.972. The van der Waals surface area contributed by atoms with Crippen molar-refractivity contribution in [1.29, 1.82) is 0 Å². The number of H-pyrrole nitrogens is 1. The number of hydrogen-bond acceptors (Lipinski definition) is 3. The van der Waals surface area contributed by atoms with Crippen LogP contribution in [-0.4, -0.2) is 21.5 Å². The predicted octanol–water partition coefficient (Wildman–Crippen LogP) is 4.33. The zero-order valence-corrected chi connectivity index (χ0v) is 12.9. The Morgan fingerprint density at radius 1 is 1.19 bits per heavy atom. The van der Waals surface area contributed by atoms with Crippen molar-refractivity contribution in [2.45, 2.75) is 20.3 Å². The Hall–Kier alpha value is -2.07. The minimum Gasteiger partial charge on any atom is -0.357 e. The highest BCUT2D eigenvalue weighted by Crippen LogP contribution is 2.37. The topological polar surface area (TPSA) is 44.8 Å². The molecule has 5 heteroatoms. The van der Waals surface area contributed by atoms with Crippen molar-refractivity contribution >= 4 is 34.1 Å². The summed E-state index contributed by atoms with van der Waals surface area (Å²) in [4.78, 5) is 14.1. The number of benzene rings is 1. The van der Waals surface area contributed by atoms with Crippen molar-refractivity contribution in [3.05, 3.63) is 47.4 Å². The highest BCUT2D eigenvalue weighted by atomic mass is 35.5. The zero-order valence-electron chi connectivity index (χ0n) is 12.1. The molecule has 0 saturated carbocycles. The Balaban J connectivity index is 0.000000636. The van der Waals surface area contributed by atoms with Crippen LogP contribution in [0.3, 0.4) is 0 Å². The van der Waals surface area contributed by atoms with Gasteiger partial charge in [0.25, 0.3) is 0 Å². The number of anilines is 2. The molecule has 21 heavy (non-hydrogen) atoms. The van der Waals surface area contributed by atoms with E-state index < -0.39 is 0 Å². The van der Waals surface area contributed by atoms with Gasteiger partial charge in [-0.15, -0.1) is 0 Å². The van der Waals surface area contributed by atoms with Gasteiger partial charge in [-0.2, -0.15) is 0 Å². The number of fused-ring (bicyclic) bond motifs is 2. The molecule has 0 fully saturated rings. The summed E-state index contributed by atoms with van der Waals surface area (Å²) in [6.45, 7) is 4.92. The monoisotopic (exact) mass is 300 g/mol. The van der Waals surface area contributed by atoms with Crippen molar-refractivity contribution in [2.75, 3.05) is 11.4 Å². The third-order valence-corrected chi connectivity index (χ3v) is 3.76. The molecule has 0 atom stereocenters. The maximum absolute atomic E-state index is 6.11. The fraction of sp³-hybridized carbons (Fsp3) is 0.250. The van der Waals surface area contributed by atoms with E-state index in [-0.39, 0.29) is 0 Å². The summed E-state index contributed by atoms with van der Waals surface area (Å²) in [5.41, 5.74) is 4.35. The van der Waals surface area contributed by atoms with Crippen LogP contribution in [0.4, 0.5) is 11.5 Å². The number of nitrogens with one attached hydrogen (secondary N) is 1. The molecule has 0 saturated heterocycles. The molecule has 1 aliphatic heterocycles. The summed E-state index contributed by atoms with van der Waals surface area (Å²) < 4.78 is 0. The first-order chi connectivity index (χ1) is 10.3. The van der Waals surface area contributed by atoms with E-state index in [4.69, 9.17) is 11.6 Å². The number of halogens is 1. The third-order valence-electron chi connectivity index (χ3n) is 3.52. The third kappa shape index (κ3) is 2.36. The number of aromatic amines is 1.